The molecule has 0 bridgehead atoms. The number of nitrogens with zero attached hydrogens (tertiary/aromatic N) is 4. The van der Waals surface area contributed by atoms with E-state index in [1.165, 1.54) is 11.8 Å². The average molecular weight is 468 g/mol. The van der Waals surface area contributed by atoms with Crippen LogP contribution in [0.4, 0.5) is 34.5 Å². The van der Waals surface area contributed by atoms with Gasteiger partial charge in [0.1, 0.15) is 5.82 Å². The molecule has 0 atom stereocenters. The molecule has 176 valence electrons. The predicted octanol–water partition coefficient (Wildman–Crippen LogP) is 4.47. The molecule has 1 amide bonds. The topological polar surface area (TPSA) is 104 Å². The number of carbonyl (C=O) groups excluding carboxylic acids is 1. The van der Waals surface area contributed by atoms with Gasteiger partial charge in [0, 0.05) is 42.0 Å². The van der Waals surface area contributed by atoms with Crippen molar-refractivity contribution in [2.75, 3.05) is 47.2 Å². The highest BCUT2D eigenvalue weighted by Gasteiger charge is 2.13. The zero-order chi connectivity index (χ0) is 24.0. The van der Waals surface area contributed by atoms with Crippen molar-refractivity contribution in [1.82, 2.24) is 15.0 Å². The van der Waals surface area contributed by atoms with E-state index in [-0.39, 0.29) is 5.91 Å². The van der Waals surface area contributed by atoms with Gasteiger partial charge in [-0.3, -0.25) is 4.79 Å². The second kappa shape index (κ2) is 10.2. The Morgan fingerprint density at radius 3 is 2.54 bits per heavy atom. The van der Waals surface area contributed by atoms with Crippen LogP contribution in [0.2, 0.25) is 0 Å². The van der Waals surface area contributed by atoms with Crippen LogP contribution in [0.25, 0.3) is 11.0 Å². The Kier molecular flexibility index (Phi) is 6.49. The van der Waals surface area contributed by atoms with E-state index in [1.807, 2.05) is 36.4 Å². The normalized spacial score (nSPS) is 13.3. The maximum atomic E-state index is 11.6. The summed E-state index contributed by atoms with van der Waals surface area (Å²) in [7, 11) is 0. The van der Waals surface area contributed by atoms with Crippen LogP contribution in [-0.4, -0.2) is 47.2 Å². The van der Waals surface area contributed by atoms with E-state index in [1.54, 1.807) is 18.3 Å². The average Bonchev–Trinajstić information content (AvgIpc) is 2.90. The Labute approximate surface area is 202 Å². The van der Waals surface area contributed by atoms with Crippen molar-refractivity contribution in [2.24, 2.45) is 0 Å². The number of hydrogen-bond donors (Lipinski definition) is 3. The first-order valence-corrected chi connectivity index (χ1v) is 11.3. The number of morpholine rings is 1. The third-order valence-corrected chi connectivity index (χ3v) is 5.55. The van der Waals surface area contributed by atoms with Crippen LogP contribution in [0.3, 0.4) is 0 Å². The summed E-state index contributed by atoms with van der Waals surface area (Å²) in [4.78, 5) is 27.6. The summed E-state index contributed by atoms with van der Waals surface area (Å²) >= 11 is 0. The van der Waals surface area contributed by atoms with Crippen molar-refractivity contribution in [3.8, 4) is 0 Å². The molecule has 0 radical (unpaired) electrons. The Morgan fingerprint density at radius 2 is 1.74 bits per heavy atom. The molecular weight excluding hydrogens is 442 g/mol. The summed E-state index contributed by atoms with van der Waals surface area (Å²) in [6.45, 7) is 6.76. The Balaban J connectivity index is 1.39. The second-order valence-electron chi connectivity index (χ2n) is 7.94. The molecule has 9 heteroatoms. The first-order valence-electron chi connectivity index (χ1n) is 11.3. The van der Waals surface area contributed by atoms with Gasteiger partial charge in [-0.1, -0.05) is 12.6 Å². The molecule has 5 rings (SSSR count). The number of ether oxygens (including phenoxy) is 1. The summed E-state index contributed by atoms with van der Waals surface area (Å²) in [6, 6.07) is 19.3. The number of benzene rings is 2. The molecule has 3 heterocycles. The van der Waals surface area contributed by atoms with Crippen LogP contribution in [0.5, 0.6) is 0 Å². The van der Waals surface area contributed by atoms with Crippen LogP contribution < -0.4 is 20.9 Å². The van der Waals surface area contributed by atoms with Crippen LogP contribution in [0.15, 0.2) is 79.5 Å². The maximum Gasteiger partial charge on any atom is 0.247 e. The lowest BCUT2D eigenvalue weighted by Crippen LogP contribution is -2.36. The molecular formula is C26H25N7O2. The number of amides is 1. The van der Waals surface area contributed by atoms with Crippen LogP contribution in [-0.2, 0) is 9.53 Å². The van der Waals surface area contributed by atoms with Gasteiger partial charge in [0.05, 0.1) is 18.6 Å². The monoisotopic (exact) mass is 467 g/mol. The predicted molar refractivity (Wildman–Crippen MR) is 139 cm³/mol. The number of anilines is 6. The summed E-state index contributed by atoms with van der Waals surface area (Å²) in [5.74, 6) is 0.746. The minimum Gasteiger partial charge on any atom is -0.378 e. The summed E-state index contributed by atoms with van der Waals surface area (Å²) in [6.07, 6.45) is 2.93. The molecule has 1 saturated heterocycles. The van der Waals surface area contributed by atoms with Crippen LogP contribution >= 0.6 is 0 Å². The minimum absolute atomic E-state index is 0.278. The quantitative estimate of drug-likeness (QED) is 0.342. The molecule has 2 aromatic carbocycles. The van der Waals surface area contributed by atoms with E-state index in [2.05, 4.69) is 49.5 Å². The highest BCUT2D eigenvalue weighted by molar-refractivity contribution is 5.99. The fourth-order valence-electron chi connectivity index (χ4n) is 3.82. The number of aromatic nitrogens is 3. The Morgan fingerprint density at radius 1 is 0.943 bits per heavy atom. The van der Waals surface area contributed by atoms with E-state index in [0.29, 0.717) is 23.1 Å². The van der Waals surface area contributed by atoms with Crippen molar-refractivity contribution in [2.45, 2.75) is 0 Å². The fourth-order valence-corrected chi connectivity index (χ4v) is 3.82. The summed E-state index contributed by atoms with van der Waals surface area (Å²) in [5, 5.41) is 10.2. The van der Waals surface area contributed by atoms with Gasteiger partial charge < -0.3 is 25.6 Å². The van der Waals surface area contributed by atoms with E-state index in [4.69, 9.17) is 9.72 Å². The molecule has 9 nitrogen and oxygen atoms in total. The molecule has 0 saturated carbocycles. The van der Waals surface area contributed by atoms with Gasteiger partial charge in [-0.05, 0) is 60.7 Å². The van der Waals surface area contributed by atoms with Crippen LogP contribution in [0.1, 0.15) is 0 Å². The lowest BCUT2D eigenvalue weighted by molar-refractivity contribution is -0.111. The Bertz CT molecular complexity index is 1350. The standard InChI is InChI=1S/C26H25N7O2/c1-2-23(34)28-19-5-3-6-20(17-19)30-26-31-24-22(7-4-12-27-24)25(32-26)29-18-8-10-21(11-9-18)33-13-15-35-16-14-33/h2-12,17H,1,13-16H2,(H,28,34)(H2,27,29,30,31,32). The zero-order valence-corrected chi connectivity index (χ0v) is 19.1. The lowest BCUT2D eigenvalue weighted by Gasteiger charge is -2.28. The Hall–Kier alpha value is -4.50. The highest BCUT2D eigenvalue weighted by atomic mass is 16.5. The van der Waals surface area contributed by atoms with Crippen molar-refractivity contribution < 1.29 is 9.53 Å². The van der Waals surface area contributed by atoms with Crippen molar-refractivity contribution in [1.29, 1.82) is 0 Å². The molecule has 0 unspecified atom stereocenters. The van der Waals surface area contributed by atoms with E-state index < -0.39 is 0 Å². The number of nitrogens with one attached hydrogen (secondary N) is 3. The smallest absolute Gasteiger partial charge is 0.247 e. The zero-order valence-electron chi connectivity index (χ0n) is 19.1. The molecule has 2 aromatic heterocycles. The first-order chi connectivity index (χ1) is 17.2. The highest BCUT2D eigenvalue weighted by Crippen LogP contribution is 2.27. The number of hydrogen-bond acceptors (Lipinski definition) is 8. The van der Waals surface area contributed by atoms with Crippen molar-refractivity contribution in [3.63, 3.8) is 0 Å². The summed E-state index contributed by atoms with van der Waals surface area (Å²) < 4.78 is 5.44. The first kappa shape index (κ1) is 22.3. The molecule has 0 spiro atoms. The summed E-state index contributed by atoms with van der Waals surface area (Å²) in [5.41, 5.74) is 4.00. The second-order valence-corrected chi connectivity index (χ2v) is 7.94. The molecule has 4 aromatic rings. The van der Waals surface area contributed by atoms with Gasteiger partial charge in [-0.15, -0.1) is 0 Å². The third-order valence-electron chi connectivity index (χ3n) is 5.55. The fraction of sp³-hybridized carbons (Fsp3) is 0.154. The third kappa shape index (κ3) is 5.36. The number of rotatable bonds is 7. The molecule has 3 N–H and O–H groups in total. The largest absolute Gasteiger partial charge is 0.378 e. The van der Waals surface area contributed by atoms with Gasteiger partial charge in [0.25, 0.3) is 0 Å². The van der Waals surface area contributed by atoms with Gasteiger partial charge in [0.15, 0.2) is 5.65 Å². The van der Waals surface area contributed by atoms with E-state index in [9.17, 15) is 4.79 Å². The van der Waals surface area contributed by atoms with E-state index in [0.717, 1.165) is 43.1 Å². The van der Waals surface area contributed by atoms with Crippen molar-refractivity contribution >= 4 is 51.5 Å². The molecule has 1 aliphatic heterocycles. The lowest BCUT2D eigenvalue weighted by atomic mass is 10.2. The SMILES string of the molecule is C=CC(=O)Nc1cccc(Nc2nc(Nc3ccc(N4CCOCC4)cc3)c3cccnc3n2)c1. The minimum atomic E-state index is -0.278. The van der Waals surface area contributed by atoms with E-state index >= 15 is 0 Å². The maximum absolute atomic E-state index is 11.6. The van der Waals surface area contributed by atoms with Gasteiger partial charge in [0.2, 0.25) is 11.9 Å². The van der Waals surface area contributed by atoms with Crippen molar-refractivity contribution in [3.05, 3.63) is 79.5 Å². The van der Waals surface area contributed by atoms with Gasteiger partial charge >= 0.3 is 0 Å². The number of pyridine rings is 1. The van der Waals surface area contributed by atoms with Gasteiger partial charge in [-0.2, -0.15) is 9.97 Å². The molecule has 1 aliphatic rings. The molecule has 0 aliphatic carbocycles. The van der Waals surface area contributed by atoms with Crippen LogP contribution in [0, 0.1) is 0 Å². The molecule has 35 heavy (non-hydrogen) atoms. The number of carbonyl (C=O) groups is 1. The number of fused-ring (bicyclic) bond motifs is 1. The van der Waals surface area contributed by atoms with Gasteiger partial charge in [-0.25, -0.2) is 4.98 Å². The molecule has 1 fully saturated rings.